The van der Waals surface area contributed by atoms with Crippen LogP contribution in [0.25, 0.3) is 0 Å². The first-order chi connectivity index (χ1) is 13.1. The number of carbonyl (C=O) groups excluding carboxylic acids is 1. The summed E-state index contributed by atoms with van der Waals surface area (Å²) in [4.78, 5) is 13.7. The summed E-state index contributed by atoms with van der Waals surface area (Å²) in [6.07, 6.45) is 0.360. The molecule has 0 heterocycles. The molecule has 0 bridgehead atoms. The summed E-state index contributed by atoms with van der Waals surface area (Å²) in [5.74, 6) is 0.865. The lowest BCUT2D eigenvalue weighted by atomic mass is 10.0. The lowest BCUT2D eigenvalue weighted by Crippen LogP contribution is -2.33. The fraction of sp³-hybridized carbons (Fsp3) is 0.381. The minimum absolute atomic E-state index is 0. The number of amides is 1. The van der Waals surface area contributed by atoms with E-state index in [2.05, 4.69) is 5.32 Å². The Morgan fingerprint density at radius 2 is 1.79 bits per heavy atom. The lowest BCUT2D eigenvalue weighted by Gasteiger charge is -2.20. The van der Waals surface area contributed by atoms with Crippen molar-refractivity contribution in [2.24, 2.45) is 0 Å². The third-order valence-electron chi connectivity index (χ3n) is 4.32. The third-order valence-corrected chi connectivity index (χ3v) is 4.32. The van der Waals surface area contributed by atoms with E-state index in [4.69, 9.17) is 9.47 Å². The average molecular weight is 411 g/mol. The molecule has 0 aromatic heterocycles. The van der Waals surface area contributed by atoms with Crippen molar-refractivity contribution in [1.29, 1.82) is 0 Å². The van der Waals surface area contributed by atoms with Crippen LogP contribution in [0.1, 0.15) is 31.9 Å². The van der Waals surface area contributed by atoms with Gasteiger partial charge in [-0.3, -0.25) is 0 Å². The first-order valence-corrected chi connectivity index (χ1v) is 9.19. The van der Waals surface area contributed by atoms with Crippen LogP contribution in [-0.4, -0.2) is 37.7 Å². The minimum Gasteiger partial charge on any atom is -0.494 e. The minimum atomic E-state index is -0.349. The third kappa shape index (κ3) is 7.02. The van der Waals surface area contributed by atoms with Gasteiger partial charge < -0.3 is 19.7 Å². The van der Waals surface area contributed by atoms with E-state index in [9.17, 15) is 9.18 Å². The van der Waals surface area contributed by atoms with E-state index in [1.165, 1.54) is 12.1 Å². The number of halogens is 2. The Hall–Kier alpha value is -2.31. The van der Waals surface area contributed by atoms with Gasteiger partial charge in [0, 0.05) is 25.6 Å². The van der Waals surface area contributed by atoms with Gasteiger partial charge in [-0.2, -0.15) is 0 Å². The highest BCUT2D eigenvalue weighted by molar-refractivity contribution is 5.85. The monoisotopic (exact) mass is 410 g/mol. The lowest BCUT2D eigenvalue weighted by molar-refractivity contribution is 0.157. The molecule has 7 heteroatoms. The normalized spacial score (nSPS) is 11.3. The number of carbonyl (C=O) groups is 1. The number of ether oxygens (including phenoxy) is 2. The highest BCUT2D eigenvalue weighted by Crippen LogP contribution is 2.23. The Morgan fingerprint density at radius 3 is 2.39 bits per heavy atom. The highest BCUT2D eigenvalue weighted by atomic mass is 35.5. The second kappa shape index (κ2) is 12.2. The van der Waals surface area contributed by atoms with E-state index >= 15 is 0 Å². The van der Waals surface area contributed by atoms with Crippen LogP contribution in [0.3, 0.4) is 0 Å². The van der Waals surface area contributed by atoms with Crippen LogP contribution in [0.5, 0.6) is 11.5 Å². The van der Waals surface area contributed by atoms with E-state index in [-0.39, 0.29) is 30.4 Å². The van der Waals surface area contributed by atoms with Gasteiger partial charge in [0.1, 0.15) is 17.3 Å². The summed E-state index contributed by atoms with van der Waals surface area (Å²) >= 11 is 0. The van der Waals surface area contributed by atoms with Crippen molar-refractivity contribution in [2.75, 3.05) is 26.7 Å². The molecule has 2 rings (SSSR count). The van der Waals surface area contributed by atoms with Gasteiger partial charge in [-0.25, -0.2) is 9.18 Å². The van der Waals surface area contributed by atoms with Crippen LogP contribution < -0.4 is 14.8 Å². The first kappa shape index (κ1) is 23.7. The zero-order chi connectivity index (χ0) is 19.6. The molecule has 28 heavy (non-hydrogen) atoms. The van der Waals surface area contributed by atoms with E-state index in [0.29, 0.717) is 37.6 Å². The summed E-state index contributed by atoms with van der Waals surface area (Å²) in [5, 5.41) is 3.25. The van der Waals surface area contributed by atoms with Crippen LogP contribution in [0, 0.1) is 5.82 Å². The SMILES string of the molecule is CCN(CC)C(=O)Oc1cccc(C(CCOc2ccc(F)cc2)NC)c1.Cl. The standard InChI is InChI=1S/C21H27FN2O3.ClH/c1-4-24(5-2)21(25)27-19-8-6-7-16(15-19)20(23-3)13-14-26-18-11-9-17(22)10-12-18;/h6-12,15,20,23H,4-5,13-14H2,1-3H3;1H. The maximum Gasteiger partial charge on any atom is 0.415 e. The van der Waals surface area contributed by atoms with Gasteiger partial charge in [-0.05, 0) is 62.9 Å². The molecule has 2 aromatic carbocycles. The Kier molecular flexibility index (Phi) is 10.3. The molecule has 0 aliphatic heterocycles. The van der Waals surface area contributed by atoms with Crippen molar-refractivity contribution in [3.8, 4) is 11.5 Å². The number of nitrogens with zero attached hydrogens (tertiary/aromatic N) is 1. The molecule has 0 saturated carbocycles. The molecule has 0 spiro atoms. The number of rotatable bonds is 9. The largest absolute Gasteiger partial charge is 0.494 e. The molecule has 1 unspecified atom stereocenters. The van der Waals surface area contributed by atoms with Gasteiger partial charge in [0.15, 0.2) is 0 Å². The summed E-state index contributed by atoms with van der Waals surface area (Å²) in [6.45, 7) is 5.52. The van der Waals surface area contributed by atoms with Gasteiger partial charge >= 0.3 is 6.09 Å². The molecule has 0 saturated heterocycles. The summed E-state index contributed by atoms with van der Waals surface area (Å²) in [5.41, 5.74) is 1.00. The van der Waals surface area contributed by atoms with Crippen molar-refractivity contribution < 1.29 is 18.7 Å². The zero-order valence-corrected chi connectivity index (χ0v) is 17.3. The number of nitrogens with one attached hydrogen (secondary N) is 1. The van der Waals surface area contributed by atoms with Crippen LogP contribution >= 0.6 is 12.4 Å². The highest BCUT2D eigenvalue weighted by Gasteiger charge is 2.14. The van der Waals surface area contributed by atoms with Gasteiger partial charge in [-0.15, -0.1) is 12.4 Å². The van der Waals surface area contributed by atoms with Crippen LogP contribution in [0.15, 0.2) is 48.5 Å². The van der Waals surface area contributed by atoms with Gasteiger partial charge in [0.05, 0.1) is 6.61 Å². The quantitative estimate of drug-likeness (QED) is 0.644. The van der Waals surface area contributed by atoms with Crippen molar-refractivity contribution >= 4 is 18.5 Å². The van der Waals surface area contributed by atoms with E-state index in [1.54, 1.807) is 23.1 Å². The maximum atomic E-state index is 12.9. The molecule has 0 aliphatic rings. The predicted molar refractivity (Wildman–Crippen MR) is 111 cm³/mol. The molecule has 0 fully saturated rings. The summed E-state index contributed by atoms with van der Waals surface area (Å²) < 4.78 is 24.1. The summed E-state index contributed by atoms with van der Waals surface area (Å²) in [7, 11) is 1.87. The van der Waals surface area contributed by atoms with Crippen LogP contribution in [0.4, 0.5) is 9.18 Å². The number of hydrogen-bond donors (Lipinski definition) is 1. The zero-order valence-electron chi connectivity index (χ0n) is 16.5. The summed E-state index contributed by atoms with van der Waals surface area (Å²) in [6, 6.07) is 13.5. The molecule has 5 nitrogen and oxygen atoms in total. The van der Waals surface area contributed by atoms with Crippen LogP contribution in [-0.2, 0) is 0 Å². The maximum absolute atomic E-state index is 12.9. The van der Waals surface area contributed by atoms with E-state index in [0.717, 1.165) is 5.56 Å². The van der Waals surface area contributed by atoms with Crippen molar-refractivity contribution in [1.82, 2.24) is 10.2 Å². The smallest absolute Gasteiger partial charge is 0.415 e. The first-order valence-electron chi connectivity index (χ1n) is 9.19. The second-order valence-electron chi connectivity index (χ2n) is 6.05. The van der Waals surface area contributed by atoms with Crippen molar-refractivity contribution in [2.45, 2.75) is 26.3 Å². The van der Waals surface area contributed by atoms with Gasteiger partial charge in [-0.1, -0.05) is 12.1 Å². The van der Waals surface area contributed by atoms with E-state index < -0.39 is 0 Å². The second-order valence-corrected chi connectivity index (χ2v) is 6.05. The molecule has 154 valence electrons. The molecular formula is C21H28ClFN2O3. The Bertz CT molecular complexity index is 724. The molecule has 1 N–H and O–H groups in total. The van der Waals surface area contributed by atoms with Crippen LogP contribution in [0.2, 0.25) is 0 Å². The topological polar surface area (TPSA) is 50.8 Å². The van der Waals surface area contributed by atoms with Crippen molar-refractivity contribution in [3.63, 3.8) is 0 Å². The molecular weight excluding hydrogens is 383 g/mol. The Labute approximate surface area is 172 Å². The fourth-order valence-corrected chi connectivity index (χ4v) is 2.75. The predicted octanol–water partition coefficient (Wildman–Crippen LogP) is 4.82. The number of hydrogen-bond acceptors (Lipinski definition) is 4. The molecule has 1 atom stereocenters. The molecule has 2 aromatic rings. The van der Waals surface area contributed by atoms with E-state index in [1.807, 2.05) is 39.1 Å². The van der Waals surface area contributed by atoms with Crippen molar-refractivity contribution in [3.05, 3.63) is 59.9 Å². The molecule has 0 radical (unpaired) electrons. The van der Waals surface area contributed by atoms with Gasteiger partial charge in [0.2, 0.25) is 0 Å². The molecule has 1 amide bonds. The Balaban J connectivity index is 0.00000392. The van der Waals surface area contributed by atoms with Gasteiger partial charge in [0.25, 0.3) is 0 Å². The fourth-order valence-electron chi connectivity index (χ4n) is 2.75. The Morgan fingerprint density at radius 1 is 1.11 bits per heavy atom. The number of benzene rings is 2. The molecule has 0 aliphatic carbocycles. The average Bonchev–Trinajstić information content (AvgIpc) is 2.68.